The van der Waals surface area contributed by atoms with Gasteiger partial charge < -0.3 is 9.88 Å². The summed E-state index contributed by atoms with van der Waals surface area (Å²) in [7, 11) is -7.69. The highest BCUT2D eigenvalue weighted by atomic mass is 32.2. The number of aromatic nitrogens is 2. The first-order valence-corrected chi connectivity index (χ1v) is 17.9. The molecule has 0 aliphatic heterocycles. The van der Waals surface area contributed by atoms with Crippen LogP contribution in [-0.4, -0.2) is 63.0 Å². The van der Waals surface area contributed by atoms with Crippen molar-refractivity contribution in [2.24, 2.45) is 0 Å². The zero-order valence-corrected chi connectivity index (χ0v) is 26.2. The van der Waals surface area contributed by atoms with Crippen molar-refractivity contribution in [1.29, 1.82) is 0 Å². The molecule has 0 spiro atoms. The molecule has 0 saturated carbocycles. The molecule has 1 aromatic heterocycles. The summed E-state index contributed by atoms with van der Waals surface area (Å²) in [5.41, 5.74) is 2.13. The largest absolute Gasteiger partial charge is 0.337 e. The van der Waals surface area contributed by atoms with E-state index >= 15 is 0 Å². The lowest BCUT2D eigenvalue weighted by atomic mass is 10.0. The van der Waals surface area contributed by atoms with Crippen LogP contribution in [-0.2, 0) is 26.4 Å². The number of urea groups is 1. The number of thioether (sulfide) groups is 1. The number of hydrogen-bond donors (Lipinski definition) is 2. The molecule has 0 saturated heterocycles. The first-order valence-electron chi connectivity index (χ1n) is 13.2. The van der Waals surface area contributed by atoms with Gasteiger partial charge in [-0.15, -0.1) is 11.8 Å². The molecule has 2 N–H and O–H groups in total. The molecule has 1 unspecified atom stereocenters. The standard InChI is InChI=1S/C28H36N4O6S3/c1-6-16-29-28(34)31-41(37,38)24-11-9-8-10-22(24)21-14-12-20(13-15-21)17-32-25(23(33)18-40(5,35)36)27(39-4)30-26(32)19(3)7-2/h8-15,19H,6-7,16-18H2,1-5H3,(H2,29,31,34). The van der Waals surface area contributed by atoms with Crippen molar-refractivity contribution in [2.75, 3.05) is 24.8 Å². The normalized spacial score (nSPS) is 12.6. The quantitative estimate of drug-likeness (QED) is 0.211. The zero-order valence-electron chi connectivity index (χ0n) is 23.8. The number of sulfonamides is 1. The number of nitrogens with one attached hydrogen (secondary N) is 2. The highest BCUT2D eigenvalue weighted by Crippen LogP contribution is 2.30. The molecule has 1 atom stereocenters. The van der Waals surface area contributed by atoms with E-state index in [1.165, 1.54) is 17.8 Å². The minimum absolute atomic E-state index is 0.0269. The summed E-state index contributed by atoms with van der Waals surface area (Å²) in [6.07, 6.45) is 4.27. The van der Waals surface area contributed by atoms with Gasteiger partial charge in [-0.1, -0.05) is 63.2 Å². The number of benzene rings is 2. The van der Waals surface area contributed by atoms with Crippen LogP contribution in [0.5, 0.6) is 0 Å². The second-order valence-electron chi connectivity index (χ2n) is 9.77. The van der Waals surface area contributed by atoms with E-state index in [9.17, 15) is 26.4 Å². The molecule has 3 rings (SSSR count). The Morgan fingerprint density at radius 1 is 1.02 bits per heavy atom. The van der Waals surface area contributed by atoms with E-state index < -0.39 is 37.4 Å². The fourth-order valence-electron chi connectivity index (χ4n) is 4.25. The van der Waals surface area contributed by atoms with Gasteiger partial charge in [0, 0.05) is 30.8 Å². The molecule has 0 aliphatic rings. The Labute approximate surface area is 246 Å². The lowest BCUT2D eigenvalue weighted by Crippen LogP contribution is -2.39. The summed E-state index contributed by atoms with van der Waals surface area (Å²) < 4.78 is 53.7. The van der Waals surface area contributed by atoms with E-state index in [0.717, 1.165) is 18.2 Å². The number of sulfone groups is 1. The predicted molar refractivity (Wildman–Crippen MR) is 162 cm³/mol. The van der Waals surface area contributed by atoms with Crippen LogP contribution in [0, 0.1) is 0 Å². The maximum atomic E-state index is 13.1. The Hall–Kier alpha value is -3.16. The summed E-state index contributed by atoms with van der Waals surface area (Å²) in [6.45, 7) is 6.51. The van der Waals surface area contributed by atoms with Crippen LogP contribution in [0.4, 0.5) is 4.79 Å². The number of rotatable bonds is 13. The Balaban J connectivity index is 1.99. The second kappa shape index (κ2) is 13.7. The maximum absolute atomic E-state index is 13.1. The van der Waals surface area contributed by atoms with Crippen LogP contribution in [0.2, 0.25) is 0 Å². The number of imidazole rings is 1. The molecule has 3 aromatic rings. The summed E-state index contributed by atoms with van der Waals surface area (Å²) >= 11 is 1.30. The second-order valence-corrected chi connectivity index (χ2v) is 14.4. The molecule has 1 heterocycles. The van der Waals surface area contributed by atoms with Gasteiger partial charge in [-0.05, 0) is 36.3 Å². The van der Waals surface area contributed by atoms with Gasteiger partial charge in [-0.3, -0.25) is 4.79 Å². The number of amides is 2. The van der Waals surface area contributed by atoms with Crippen molar-refractivity contribution in [3.8, 4) is 11.1 Å². The summed E-state index contributed by atoms with van der Waals surface area (Å²) in [4.78, 5) is 29.9. The predicted octanol–water partition coefficient (Wildman–Crippen LogP) is 4.46. The molecule has 0 radical (unpaired) electrons. The first kappa shape index (κ1) is 32.4. The molecular weight excluding hydrogens is 585 g/mol. The van der Waals surface area contributed by atoms with E-state index in [0.29, 0.717) is 34.9 Å². The summed E-state index contributed by atoms with van der Waals surface area (Å²) in [5, 5.41) is 2.99. The molecule has 13 heteroatoms. The Kier molecular flexibility index (Phi) is 10.8. The fraction of sp³-hybridized carbons (Fsp3) is 0.393. The van der Waals surface area contributed by atoms with Gasteiger partial charge >= 0.3 is 6.03 Å². The van der Waals surface area contributed by atoms with Gasteiger partial charge in [0.1, 0.15) is 22.3 Å². The van der Waals surface area contributed by atoms with Gasteiger partial charge in [0.05, 0.1) is 4.90 Å². The first-order chi connectivity index (χ1) is 19.3. The molecule has 0 aliphatic carbocycles. The Bertz CT molecular complexity index is 1610. The number of carbonyl (C=O) groups excluding carboxylic acids is 2. The van der Waals surface area contributed by atoms with Crippen molar-refractivity contribution in [3.05, 3.63) is 65.6 Å². The monoisotopic (exact) mass is 620 g/mol. The van der Waals surface area contributed by atoms with Crippen molar-refractivity contribution < 1.29 is 26.4 Å². The highest BCUT2D eigenvalue weighted by molar-refractivity contribution is 7.98. The van der Waals surface area contributed by atoms with Crippen LogP contribution in [0.25, 0.3) is 11.1 Å². The molecule has 41 heavy (non-hydrogen) atoms. The average molecular weight is 621 g/mol. The zero-order chi connectivity index (χ0) is 30.4. The third-order valence-electron chi connectivity index (χ3n) is 6.41. The van der Waals surface area contributed by atoms with Crippen molar-refractivity contribution in [1.82, 2.24) is 19.6 Å². The molecule has 2 amide bonds. The van der Waals surface area contributed by atoms with Gasteiger partial charge in [0.2, 0.25) is 0 Å². The van der Waals surface area contributed by atoms with Crippen molar-refractivity contribution in [3.63, 3.8) is 0 Å². The number of ketones is 1. The minimum atomic E-state index is -4.14. The van der Waals surface area contributed by atoms with Crippen LogP contribution in [0.1, 0.15) is 61.4 Å². The summed E-state index contributed by atoms with van der Waals surface area (Å²) in [6, 6.07) is 12.8. The van der Waals surface area contributed by atoms with Crippen LogP contribution in [0.3, 0.4) is 0 Å². The van der Waals surface area contributed by atoms with Gasteiger partial charge in [-0.25, -0.2) is 31.3 Å². The fourth-order valence-corrected chi connectivity index (χ4v) is 6.62. The number of Topliss-reactive ketones (excluding diaryl/α,β-unsaturated/α-hetero) is 1. The molecular formula is C28H36N4O6S3. The summed E-state index contributed by atoms with van der Waals surface area (Å²) in [5.74, 6) is -0.396. The highest BCUT2D eigenvalue weighted by Gasteiger charge is 2.27. The van der Waals surface area contributed by atoms with Crippen molar-refractivity contribution in [2.45, 2.75) is 56.0 Å². The SMILES string of the molecule is CCCNC(=O)NS(=O)(=O)c1ccccc1-c1ccc(Cn2c(C(C)CC)nc(SC)c2C(=O)CS(C)(=O)=O)cc1. The number of nitrogens with zero attached hydrogens (tertiary/aromatic N) is 2. The van der Waals surface area contributed by atoms with E-state index in [-0.39, 0.29) is 23.1 Å². The van der Waals surface area contributed by atoms with E-state index in [1.54, 1.807) is 41.2 Å². The Morgan fingerprint density at radius 3 is 2.27 bits per heavy atom. The van der Waals surface area contributed by atoms with E-state index in [4.69, 9.17) is 4.98 Å². The van der Waals surface area contributed by atoms with E-state index in [1.807, 2.05) is 32.9 Å². The maximum Gasteiger partial charge on any atom is 0.328 e. The molecule has 0 bridgehead atoms. The Morgan fingerprint density at radius 2 is 1.68 bits per heavy atom. The topological polar surface area (TPSA) is 144 Å². The minimum Gasteiger partial charge on any atom is -0.337 e. The van der Waals surface area contributed by atoms with Gasteiger partial charge in [-0.2, -0.15) is 0 Å². The van der Waals surface area contributed by atoms with Crippen LogP contribution in [0.15, 0.2) is 58.5 Å². The van der Waals surface area contributed by atoms with Crippen LogP contribution < -0.4 is 10.0 Å². The van der Waals surface area contributed by atoms with Gasteiger partial charge in [0.15, 0.2) is 15.6 Å². The molecule has 0 fully saturated rings. The number of hydrogen-bond acceptors (Lipinski definition) is 8. The molecule has 2 aromatic carbocycles. The van der Waals surface area contributed by atoms with E-state index in [2.05, 4.69) is 10.0 Å². The third-order valence-corrected chi connectivity index (χ3v) is 9.26. The smallest absolute Gasteiger partial charge is 0.328 e. The van der Waals surface area contributed by atoms with Crippen LogP contribution >= 0.6 is 11.8 Å². The van der Waals surface area contributed by atoms with Crippen molar-refractivity contribution >= 4 is 43.4 Å². The lowest BCUT2D eigenvalue weighted by Gasteiger charge is -2.16. The lowest BCUT2D eigenvalue weighted by molar-refractivity contribution is 0.100. The molecule has 222 valence electrons. The third kappa shape index (κ3) is 8.20. The average Bonchev–Trinajstić information content (AvgIpc) is 3.29. The molecule has 10 nitrogen and oxygen atoms in total. The van der Waals surface area contributed by atoms with Gasteiger partial charge in [0.25, 0.3) is 10.0 Å². The number of carbonyl (C=O) groups is 2.